The molecule has 4 aromatic rings. The van der Waals surface area contributed by atoms with Crippen molar-refractivity contribution in [3.8, 4) is 17.1 Å². The van der Waals surface area contributed by atoms with E-state index < -0.39 is 11.4 Å². The number of fused-ring (bicyclic) bond motifs is 1. The van der Waals surface area contributed by atoms with Crippen molar-refractivity contribution in [1.29, 1.82) is 0 Å². The van der Waals surface area contributed by atoms with Crippen LogP contribution in [0.3, 0.4) is 0 Å². The molecule has 31 heavy (non-hydrogen) atoms. The maximum atomic E-state index is 13.2. The fourth-order valence-electron chi connectivity index (χ4n) is 3.28. The molecule has 4 nitrogen and oxygen atoms in total. The summed E-state index contributed by atoms with van der Waals surface area (Å²) in [6.07, 6.45) is 0. The minimum absolute atomic E-state index is 0.0401. The summed E-state index contributed by atoms with van der Waals surface area (Å²) >= 11 is 6.06. The minimum atomic E-state index is -0.633. The van der Waals surface area contributed by atoms with Crippen LogP contribution < -0.4 is 10.2 Å². The van der Waals surface area contributed by atoms with Crippen molar-refractivity contribution in [3.63, 3.8) is 0 Å². The number of carbonyl (C=O) groups excluding carboxylic acids is 1. The molecule has 0 aliphatic rings. The van der Waals surface area contributed by atoms with Crippen molar-refractivity contribution in [2.45, 2.75) is 26.2 Å². The van der Waals surface area contributed by atoms with Gasteiger partial charge in [-0.25, -0.2) is 4.79 Å². The van der Waals surface area contributed by atoms with Gasteiger partial charge in [0, 0.05) is 10.6 Å². The summed E-state index contributed by atoms with van der Waals surface area (Å²) in [4.78, 5) is 26.1. The first-order valence-electron chi connectivity index (χ1n) is 9.88. The van der Waals surface area contributed by atoms with Crippen LogP contribution in [-0.4, -0.2) is 5.97 Å². The Kier molecular flexibility index (Phi) is 5.42. The van der Waals surface area contributed by atoms with Crippen molar-refractivity contribution in [1.82, 2.24) is 0 Å². The number of rotatable bonds is 3. The Morgan fingerprint density at radius 3 is 2.26 bits per heavy atom. The Bertz CT molecular complexity index is 1310. The molecule has 0 N–H and O–H groups in total. The number of carbonyl (C=O) groups is 1. The van der Waals surface area contributed by atoms with E-state index in [4.69, 9.17) is 20.8 Å². The van der Waals surface area contributed by atoms with Gasteiger partial charge in [-0.2, -0.15) is 0 Å². The Morgan fingerprint density at radius 2 is 1.61 bits per heavy atom. The summed E-state index contributed by atoms with van der Waals surface area (Å²) in [7, 11) is 0. The van der Waals surface area contributed by atoms with Crippen LogP contribution in [0.25, 0.3) is 22.3 Å². The summed E-state index contributed by atoms with van der Waals surface area (Å²) in [6, 6.07) is 21.0. The molecule has 0 aliphatic heterocycles. The normalized spacial score (nSPS) is 11.5. The lowest BCUT2D eigenvalue weighted by Crippen LogP contribution is -2.17. The van der Waals surface area contributed by atoms with E-state index in [1.54, 1.807) is 36.4 Å². The van der Waals surface area contributed by atoms with Crippen molar-refractivity contribution in [3.05, 3.63) is 99.2 Å². The Morgan fingerprint density at radius 1 is 0.935 bits per heavy atom. The molecule has 0 aliphatic carbocycles. The lowest BCUT2D eigenvalue weighted by Gasteiger charge is -2.19. The second-order valence-electron chi connectivity index (χ2n) is 8.31. The Hall–Kier alpha value is -3.37. The predicted octanol–water partition coefficient (Wildman–Crippen LogP) is 6.63. The van der Waals surface area contributed by atoms with Gasteiger partial charge in [0.25, 0.3) is 0 Å². The summed E-state index contributed by atoms with van der Waals surface area (Å²) < 4.78 is 11.6. The molecular formula is C26H21ClO4. The predicted molar refractivity (Wildman–Crippen MR) is 123 cm³/mol. The van der Waals surface area contributed by atoms with Gasteiger partial charge < -0.3 is 9.15 Å². The Balaban J connectivity index is 1.81. The summed E-state index contributed by atoms with van der Waals surface area (Å²) in [5, 5.41) is 0.639. The molecule has 0 saturated carbocycles. The summed E-state index contributed by atoms with van der Waals surface area (Å²) in [6.45, 7) is 6.29. The van der Waals surface area contributed by atoms with Crippen LogP contribution in [0.2, 0.25) is 5.02 Å². The van der Waals surface area contributed by atoms with Crippen molar-refractivity contribution in [2.75, 3.05) is 0 Å². The van der Waals surface area contributed by atoms with Crippen LogP contribution in [0.1, 0.15) is 36.7 Å². The molecule has 0 bridgehead atoms. The lowest BCUT2D eigenvalue weighted by molar-refractivity contribution is 0.0731. The summed E-state index contributed by atoms with van der Waals surface area (Å²) in [5.41, 5.74) is 1.93. The van der Waals surface area contributed by atoms with Crippen LogP contribution >= 0.6 is 11.6 Å². The molecule has 0 fully saturated rings. The molecule has 0 unspecified atom stereocenters. The molecular weight excluding hydrogens is 412 g/mol. The fraction of sp³-hybridized carbons (Fsp3) is 0.154. The SMILES string of the molecule is CC(C)(C)c1ccc(C(=O)Oc2c(-c3ccccc3)oc3ccc(Cl)cc3c2=O)cc1. The second kappa shape index (κ2) is 8.05. The number of ether oxygens (including phenoxy) is 1. The molecule has 1 aromatic heterocycles. The average Bonchev–Trinajstić information content (AvgIpc) is 2.76. The molecule has 4 rings (SSSR count). The quantitative estimate of drug-likeness (QED) is 0.341. The Labute approximate surface area is 185 Å². The molecule has 1 heterocycles. The average molecular weight is 433 g/mol. The zero-order chi connectivity index (χ0) is 22.2. The van der Waals surface area contributed by atoms with Gasteiger partial charge in [-0.1, -0.05) is 74.8 Å². The van der Waals surface area contributed by atoms with Gasteiger partial charge in [-0.05, 0) is 41.3 Å². The highest BCUT2D eigenvalue weighted by Gasteiger charge is 2.22. The molecule has 0 spiro atoms. The number of halogens is 1. The van der Waals surface area contributed by atoms with Crippen LogP contribution in [0.5, 0.6) is 5.75 Å². The zero-order valence-electron chi connectivity index (χ0n) is 17.4. The first-order valence-corrected chi connectivity index (χ1v) is 10.3. The number of hydrogen-bond donors (Lipinski definition) is 0. The summed E-state index contributed by atoms with van der Waals surface area (Å²) in [5.74, 6) is -0.600. The van der Waals surface area contributed by atoms with Crippen LogP contribution in [-0.2, 0) is 5.41 Å². The highest BCUT2D eigenvalue weighted by molar-refractivity contribution is 6.31. The molecule has 0 amide bonds. The van der Waals surface area contributed by atoms with Crippen LogP contribution in [0.15, 0.2) is 82.0 Å². The van der Waals surface area contributed by atoms with Crippen molar-refractivity contribution >= 4 is 28.5 Å². The third kappa shape index (κ3) is 4.25. The van der Waals surface area contributed by atoms with Gasteiger partial charge in [-0.15, -0.1) is 0 Å². The van der Waals surface area contributed by atoms with Crippen LogP contribution in [0, 0.1) is 0 Å². The third-order valence-corrected chi connectivity index (χ3v) is 5.26. The van der Waals surface area contributed by atoms with Gasteiger partial charge in [-0.3, -0.25) is 4.79 Å². The van der Waals surface area contributed by atoms with E-state index >= 15 is 0 Å². The standard InChI is InChI=1S/C26H21ClO4/c1-26(2,3)18-11-9-17(10-12-18)25(29)31-24-22(28)20-15-19(27)13-14-21(20)30-23(24)16-7-5-4-6-8-16/h4-15H,1-3H3. The number of esters is 1. The molecule has 156 valence electrons. The first kappa shape index (κ1) is 20.9. The van der Waals surface area contributed by atoms with Gasteiger partial charge >= 0.3 is 5.97 Å². The van der Waals surface area contributed by atoms with E-state index in [1.807, 2.05) is 30.3 Å². The van der Waals surface area contributed by atoms with E-state index in [9.17, 15) is 9.59 Å². The number of benzene rings is 3. The largest absolute Gasteiger partial charge is 0.452 e. The molecule has 0 saturated heterocycles. The maximum absolute atomic E-state index is 13.2. The molecule has 0 atom stereocenters. The maximum Gasteiger partial charge on any atom is 0.343 e. The minimum Gasteiger partial charge on any atom is -0.452 e. The topological polar surface area (TPSA) is 56.5 Å². The zero-order valence-corrected chi connectivity index (χ0v) is 18.2. The monoisotopic (exact) mass is 432 g/mol. The molecule has 3 aromatic carbocycles. The highest BCUT2D eigenvalue weighted by Crippen LogP contribution is 2.32. The molecule has 0 radical (unpaired) electrons. The highest BCUT2D eigenvalue weighted by atomic mass is 35.5. The van der Waals surface area contributed by atoms with E-state index in [1.165, 1.54) is 6.07 Å². The second-order valence-corrected chi connectivity index (χ2v) is 8.75. The lowest BCUT2D eigenvalue weighted by atomic mass is 9.87. The van der Waals surface area contributed by atoms with E-state index in [0.29, 0.717) is 21.7 Å². The van der Waals surface area contributed by atoms with E-state index in [2.05, 4.69) is 20.8 Å². The van der Waals surface area contributed by atoms with Gasteiger partial charge in [0.05, 0.1) is 10.9 Å². The smallest absolute Gasteiger partial charge is 0.343 e. The van der Waals surface area contributed by atoms with E-state index in [0.717, 1.165) is 5.56 Å². The molecule has 5 heteroatoms. The van der Waals surface area contributed by atoms with Gasteiger partial charge in [0.1, 0.15) is 5.58 Å². The van der Waals surface area contributed by atoms with Gasteiger partial charge in [0.2, 0.25) is 11.2 Å². The van der Waals surface area contributed by atoms with Crippen molar-refractivity contribution < 1.29 is 13.9 Å². The van der Waals surface area contributed by atoms with Gasteiger partial charge in [0.15, 0.2) is 5.76 Å². The fourth-order valence-corrected chi connectivity index (χ4v) is 3.45. The van der Waals surface area contributed by atoms with E-state index in [-0.39, 0.29) is 22.3 Å². The number of hydrogen-bond acceptors (Lipinski definition) is 4. The first-order chi connectivity index (χ1) is 14.7. The third-order valence-electron chi connectivity index (χ3n) is 5.03. The van der Waals surface area contributed by atoms with Crippen LogP contribution in [0.4, 0.5) is 0 Å². The van der Waals surface area contributed by atoms with Crippen molar-refractivity contribution in [2.24, 2.45) is 0 Å².